The fourth-order valence-corrected chi connectivity index (χ4v) is 3.88. The molecule has 0 spiro atoms. The minimum Gasteiger partial charge on any atom is -0.466 e. The first-order chi connectivity index (χ1) is 14.0. The Morgan fingerprint density at radius 1 is 1.17 bits per heavy atom. The van der Waals surface area contributed by atoms with E-state index >= 15 is 0 Å². The van der Waals surface area contributed by atoms with E-state index < -0.39 is 6.04 Å². The van der Waals surface area contributed by atoms with Crippen molar-refractivity contribution in [2.45, 2.75) is 32.7 Å². The van der Waals surface area contributed by atoms with Crippen LogP contribution >= 0.6 is 11.6 Å². The summed E-state index contributed by atoms with van der Waals surface area (Å²) in [7, 11) is 0. The second-order valence-electron chi connectivity index (χ2n) is 7.33. The first-order valence-electron chi connectivity index (χ1n) is 10.0. The SMILES string of the molecule is CCOC(=O)C1CCN(C(C(=O)Nc2ccc(C)c(Cl)c2)c2ccccc2)CC1. The van der Waals surface area contributed by atoms with Crippen LogP contribution in [0.2, 0.25) is 5.02 Å². The largest absolute Gasteiger partial charge is 0.466 e. The maximum Gasteiger partial charge on any atom is 0.309 e. The molecule has 1 aliphatic rings. The van der Waals surface area contributed by atoms with Crippen molar-refractivity contribution in [3.05, 3.63) is 64.7 Å². The smallest absolute Gasteiger partial charge is 0.309 e. The highest BCUT2D eigenvalue weighted by Gasteiger charge is 2.33. The van der Waals surface area contributed by atoms with Gasteiger partial charge in [-0.25, -0.2) is 0 Å². The molecule has 154 valence electrons. The zero-order valence-corrected chi connectivity index (χ0v) is 17.6. The molecule has 0 radical (unpaired) electrons. The lowest BCUT2D eigenvalue weighted by Gasteiger charge is -2.36. The number of halogens is 1. The second kappa shape index (κ2) is 9.90. The van der Waals surface area contributed by atoms with E-state index in [9.17, 15) is 9.59 Å². The summed E-state index contributed by atoms with van der Waals surface area (Å²) in [6, 6.07) is 14.8. The van der Waals surface area contributed by atoms with Crippen molar-refractivity contribution < 1.29 is 14.3 Å². The molecule has 3 rings (SSSR count). The van der Waals surface area contributed by atoms with Crippen molar-refractivity contribution in [3.63, 3.8) is 0 Å². The van der Waals surface area contributed by atoms with E-state index in [2.05, 4.69) is 10.2 Å². The Hall–Kier alpha value is -2.37. The molecule has 0 aromatic heterocycles. The Labute approximate surface area is 177 Å². The van der Waals surface area contributed by atoms with Crippen LogP contribution in [0.15, 0.2) is 48.5 Å². The molecule has 1 fully saturated rings. The average molecular weight is 415 g/mol. The van der Waals surface area contributed by atoms with E-state index in [1.807, 2.05) is 56.3 Å². The lowest BCUT2D eigenvalue weighted by atomic mass is 9.94. The summed E-state index contributed by atoms with van der Waals surface area (Å²) < 4.78 is 5.16. The summed E-state index contributed by atoms with van der Waals surface area (Å²) in [4.78, 5) is 27.4. The van der Waals surface area contributed by atoms with Crippen LogP contribution in [0.4, 0.5) is 5.69 Å². The molecule has 1 unspecified atom stereocenters. The number of anilines is 1. The van der Waals surface area contributed by atoms with Crippen molar-refractivity contribution in [1.29, 1.82) is 0 Å². The lowest BCUT2D eigenvalue weighted by molar-refractivity contribution is -0.149. The van der Waals surface area contributed by atoms with Crippen LogP contribution in [0.1, 0.15) is 36.9 Å². The van der Waals surface area contributed by atoms with Crippen molar-refractivity contribution in [2.75, 3.05) is 25.0 Å². The van der Waals surface area contributed by atoms with Crippen molar-refractivity contribution in [2.24, 2.45) is 5.92 Å². The van der Waals surface area contributed by atoms with Crippen LogP contribution in [0.5, 0.6) is 0 Å². The van der Waals surface area contributed by atoms with Gasteiger partial charge >= 0.3 is 5.97 Å². The summed E-state index contributed by atoms with van der Waals surface area (Å²) >= 11 is 6.21. The van der Waals surface area contributed by atoms with Gasteiger partial charge < -0.3 is 10.1 Å². The minimum atomic E-state index is -0.431. The standard InChI is InChI=1S/C23H27ClN2O3/c1-3-29-23(28)18-11-13-26(14-12-18)21(17-7-5-4-6-8-17)22(27)25-19-10-9-16(2)20(24)15-19/h4-10,15,18,21H,3,11-14H2,1-2H3,(H,25,27). The van der Waals surface area contributed by atoms with Gasteiger partial charge in [0.1, 0.15) is 6.04 Å². The summed E-state index contributed by atoms with van der Waals surface area (Å²) in [6.07, 6.45) is 1.37. The molecular formula is C23H27ClN2O3. The summed E-state index contributed by atoms with van der Waals surface area (Å²) in [6.45, 7) is 5.46. The summed E-state index contributed by atoms with van der Waals surface area (Å²) in [5.41, 5.74) is 2.57. The van der Waals surface area contributed by atoms with Crippen LogP contribution in [0, 0.1) is 12.8 Å². The Balaban J connectivity index is 1.76. The number of hydrogen-bond donors (Lipinski definition) is 1. The third-order valence-electron chi connectivity index (χ3n) is 5.32. The monoisotopic (exact) mass is 414 g/mol. The van der Waals surface area contributed by atoms with Crippen LogP contribution in [0.3, 0.4) is 0 Å². The molecule has 0 aliphatic carbocycles. The molecule has 29 heavy (non-hydrogen) atoms. The number of rotatable bonds is 6. The number of likely N-dealkylation sites (tertiary alicyclic amines) is 1. The molecule has 0 bridgehead atoms. The fourth-order valence-electron chi connectivity index (χ4n) is 3.70. The van der Waals surface area contributed by atoms with E-state index in [0.717, 1.165) is 11.1 Å². The van der Waals surface area contributed by atoms with Crippen molar-refractivity contribution >= 4 is 29.2 Å². The number of hydrogen-bond acceptors (Lipinski definition) is 4. The second-order valence-corrected chi connectivity index (χ2v) is 7.74. The van der Waals surface area contributed by atoms with E-state index in [-0.39, 0.29) is 17.8 Å². The van der Waals surface area contributed by atoms with Gasteiger partial charge in [-0.15, -0.1) is 0 Å². The first-order valence-corrected chi connectivity index (χ1v) is 10.4. The van der Waals surface area contributed by atoms with Gasteiger partial charge in [-0.3, -0.25) is 14.5 Å². The molecule has 1 N–H and O–H groups in total. The lowest BCUT2D eigenvalue weighted by Crippen LogP contribution is -2.43. The minimum absolute atomic E-state index is 0.0958. The number of nitrogens with one attached hydrogen (secondary N) is 1. The maximum atomic E-state index is 13.2. The maximum absolute atomic E-state index is 13.2. The predicted molar refractivity (Wildman–Crippen MR) is 115 cm³/mol. The molecule has 1 saturated heterocycles. The third-order valence-corrected chi connectivity index (χ3v) is 5.72. The van der Waals surface area contributed by atoms with Gasteiger partial charge in [-0.05, 0) is 49.9 Å². The van der Waals surface area contributed by atoms with Gasteiger partial charge in [0.25, 0.3) is 0 Å². The van der Waals surface area contributed by atoms with Crippen LogP contribution in [-0.2, 0) is 14.3 Å². The summed E-state index contributed by atoms with van der Waals surface area (Å²) in [5.74, 6) is -0.338. The van der Waals surface area contributed by atoms with Gasteiger partial charge in [0, 0.05) is 23.8 Å². The molecular weight excluding hydrogens is 388 g/mol. The summed E-state index contributed by atoms with van der Waals surface area (Å²) in [5, 5.41) is 3.62. The number of ether oxygens (including phenoxy) is 1. The van der Waals surface area contributed by atoms with Crippen LogP contribution in [-0.4, -0.2) is 36.5 Å². The highest BCUT2D eigenvalue weighted by atomic mass is 35.5. The molecule has 2 aromatic carbocycles. The molecule has 1 aliphatic heterocycles. The Bertz CT molecular complexity index is 848. The molecule has 1 atom stereocenters. The van der Waals surface area contributed by atoms with E-state index in [1.165, 1.54) is 0 Å². The van der Waals surface area contributed by atoms with Gasteiger partial charge in [0.2, 0.25) is 5.91 Å². The number of carbonyl (C=O) groups is 2. The quantitative estimate of drug-likeness (QED) is 0.701. The number of aryl methyl sites for hydroxylation is 1. The number of esters is 1. The molecule has 0 saturated carbocycles. The first kappa shape index (κ1) is 21.3. The zero-order valence-electron chi connectivity index (χ0n) is 16.9. The molecule has 1 amide bonds. The van der Waals surface area contributed by atoms with Gasteiger partial charge in [0.05, 0.1) is 12.5 Å². The fraction of sp³-hybridized carbons (Fsp3) is 0.391. The van der Waals surface area contributed by atoms with E-state index in [1.54, 1.807) is 6.07 Å². The highest BCUT2D eigenvalue weighted by molar-refractivity contribution is 6.31. The Morgan fingerprint density at radius 3 is 2.48 bits per heavy atom. The zero-order chi connectivity index (χ0) is 20.8. The van der Waals surface area contributed by atoms with Gasteiger partial charge in [0.15, 0.2) is 0 Å². The Kier molecular flexibility index (Phi) is 7.29. The molecule has 6 heteroatoms. The highest BCUT2D eigenvalue weighted by Crippen LogP contribution is 2.29. The number of amides is 1. The van der Waals surface area contributed by atoms with Gasteiger partial charge in [-0.1, -0.05) is 48.0 Å². The molecule has 5 nitrogen and oxygen atoms in total. The number of benzene rings is 2. The van der Waals surface area contributed by atoms with Gasteiger partial charge in [-0.2, -0.15) is 0 Å². The number of nitrogens with zero attached hydrogens (tertiary/aromatic N) is 1. The Morgan fingerprint density at radius 2 is 1.86 bits per heavy atom. The molecule has 1 heterocycles. The predicted octanol–water partition coefficient (Wildman–Crippen LogP) is 4.60. The number of piperidine rings is 1. The van der Waals surface area contributed by atoms with Crippen molar-refractivity contribution in [3.8, 4) is 0 Å². The van der Waals surface area contributed by atoms with Crippen LogP contribution < -0.4 is 5.32 Å². The van der Waals surface area contributed by atoms with E-state index in [4.69, 9.17) is 16.3 Å². The third kappa shape index (κ3) is 5.37. The van der Waals surface area contributed by atoms with Crippen LogP contribution in [0.25, 0.3) is 0 Å². The van der Waals surface area contributed by atoms with Crippen molar-refractivity contribution in [1.82, 2.24) is 4.90 Å². The van der Waals surface area contributed by atoms with E-state index in [0.29, 0.717) is 43.2 Å². The number of carbonyl (C=O) groups excluding carboxylic acids is 2. The molecule has 2 aromatic rings. The average Bonchev–Trinajstić information content (AvgIpc) is 2.72. The normalized spacial score (nSPS) is 16.2. The topological polar surface area (TPSA) is 58.6 Å².